The van der Waals surface area contributed by atoms with E-state index >= 15 is 0 Å². The lowest BCUT2D eigenvalue weighted by Crippen LogP contribution is -2.25. The fraction of sp³-hybridized carbons (Fsp3) is 0.778. The van der Waals surface area contributed by atoms with Crippen LogP contribution in [-0.2, 0) is 19.1 Å². The van der Waals surface area contributed by atoms with Gasteiger partial charge < -0.3 is 29.9 Å². The Morgan fingerprint density at radius 3 is 1.53 bits per heavy atom. The third-order valence-electron chi connectivity index (χ3n) is 1.58. The third kappa shape index (κ3) is 8.57. The molecule has 2 atom stereocenters. The number of ether oxygens (including phenoxy) is 2. The van der Waals surface area contributed by atoms with Gasteiger partial charge in [0.25, 0.3) is 0 Å². The molecule has 4 N–H and O–H groups in total. The van der Waals surface area contributed by atoms with Gasteiger partial charge in [0.05, 0.1) is 13.2 Å². The zero-order valence-electron chi connectivity index (χ0n) is 9.11. The van der Waals surface area contributed by atoms with Crippen molar-refractivity contribution in [1.82, 2.24) is 0 Å². The summed E-state index contributed by atoms with van der Waals surface area (Å²) in [5, 5.41) is 34.5. The molecule has 0 aromatic heterocycles. The molecule has 0 radical (unpaired) electrons. The van der Waals surface area contributed by atoms with E-state index in [4.69, 9.17) is 20.4 Å². The summed E-state index contributed by atoms with van der Waals surface area (Å²) in [6, 6.07) is 0. The van der Waals surface area contributed by atoms with Gasteiger partial charge in [-0.3, -0.25) is 9.59 Å². The molecule has 0 saturated heterocycles. The first-order valence-corrected chi connectivity index (χ1v) is 4.88. The quantitative estimate of drug-likeness (QED) is 0.268. The second-order valence-electron chi connectivity index (χ2n) is 3.22. The lowest BCUT2D eigenvalue weighted by Gasteiger charge is -2.09. The lowest BCUT2D eigenvalue weighted by atomic mass is 10.4. The van der Waals surface area contributed by atoms with Gasteiger partial charge in [-0.15, -0.1) is 0 Å². The van der Waals surface area contributed by atoms with Crippen molar-refractivity contribution in [3.05, 3.63) is 0 Å². The summed E-state index contributed by atoms with van der Waals surface area (Å²) in [5.74, 6) is -1.83. The highest BCUT2D eigenvalue weighted by atomic mass is 16.6. The summed E-state index contributed by atoms with van der Waals surface area (Å²) in [6.45, 7) is -1.94. The first-order chi connectivity index (χ1) is 7.99. The molecular weight excluding hydrogens is 236 g/mol. The van der Waals surface area contributed by atoms with E-state index < -0.39 is 57.0 Å². The Bertz CT molecular complexity index is 217. The molecule has 17 heavy (non-hydrogen) atoms. The van der Waals surface area contributed by atoms with Gasteiger partial charge in [0.1, 0.15) is 31.8 Å². The molecule has 100 valence electrons. The Balaban J connectivity index is 3.69. The van der Waals surface area contributed by atoms with Crippen LogP contribution in [-0.4, -0.2) is 71.0 Å². The van der Waals surface area contributed by atoms with Crippen molar-refractivity contribution in [2.24, 2.45) is 0 Å². The average molecular weight is 252 g/mol. The number of rotatable bonds is 8. The van der Waals surface area contributed by atoms with Gasteiger partial charge in [0.2, 0.25) is 0 Å². The molecule has 0 aliphatic rings. The van der Waals surface area contributed by atoms with Crippen LogP contribution in [0.4, 0.5) is 0 Å². The van der Waals surface area contributed by atoms with Crippen LogP contribution in [0.25, 0.3) is 0 Å². The highest BCUT2D eigenvalue weighted by molar-refractivity contribution is 5.91. The smallest absolute Gasteiger partial charge is 0.317 e. The minimum atomic E-state index is -1.19. The Labute approximate surface area is 97.4 Å². The number of hydrogen-bond acceptors (Lipinski definition) is 8. The molecule has 0 saturated carbocycles. The van der Waals surface area contributed by atoms with Crippen molar-refractivity contribution < 1.29 is 39.5 Å². The van der Waals surface area contributed by atoms with Gasteiger partial charge in [0, 0.05) is 0 Å². The highest BCUT2D eigenvalue weighted by Crippen LogP contribution is 1.94. The van der Waals surface area contributed by atoms with Crippen LogP contribution < -0.4 is 0 Å². The molecule has 0 aromatic carbocycles. The molecule has 2 unspecified atom stereocenters. The molecule has 8 nitrogen and oxygen atoms in total. The van der Waals surface area contributed by atoms with Gasteiger partial charge >= 0.3 is 11.9 Å². The fourth-order valence-electron chi connectivity index (χ4n) is 0.704. The van der Waals surface area contributed by atoms with E-state index in [1.165, 1.54) is 0 Å². The zero-order chi connectivity index (χ0) is 13.3. The lowest BCUT2D eigenvalue weighted by molar-refractivity contribution is -0.158. The second-order valence-corrected chi connectivity index (χ2v) is 3.22. The molecule has 0 rings (SSSR count). The predicted octanol–water partition coefficient (Wildman–Crippen LogP) is -2.83. The molecule has 0 aliphatic heterocycles. The van der Waals surface area contributed by atoms with E-state index in [1.54, 1.807) is 0 Å². The summed E-state index contributed by atoms with van der Waals surface area (Å²) in [6.07, 6.45) is -3.05. The maximum atomic E-state index is 11.0. The van der Waals surface area contributed by atoms with Gasteiger partial charge in [-0.25, -0.2) is 0 Å². The fourth-order valence-corrected chi connectivity index (χ4v) is 0.704. The third-order valence-corrected chi connectivity index (χ3v) is 1.58. The summed E-state index contributed by atoms with van der Waals surface area (Å²) < 4.78 is 8.87. The van der Waals surface area contributed by atoms with E-state index in [0.717, 1.165) is 0 Å². The molecular formula is C9H16O8. The predicted molar refractivity (Wildman–Crippen MR) is 52.7 cm³/mol. The van der Waals surface area contributed by atoms with Crippen molar-refractivity contribution in [3.63, 3.8) is 0 Å². The van der Waals surface area contributed by atoms with E-state index in [-0.39, 0.29) is 0 Å². The number of carbonyl (C=O) groups excluding carboxylic acids is 2. The monoisotopic (exact) mass is 252 g/mol. The number of carbonyl (C=O) groups is 2. The first kappa shape index (κ1) is 15.8. The van der Waals surface area contributed by atoms with Gasteiger partial charge in [-0.2, -0.15) is 0 Å². The molecule has 0 spiro atoms. The molecule has 0 fully saturated rings. The maximum absolute atomic E-state index is 11.0. The highest BCUT2D eigenvalue weighted by Gasteiger charge is 2.15. The Morgan fingerprint density at radius 2 is 1.24 bits per heavy atom. The van der Waals surface area contributed by atoms with E-state index in [2.05, 4.69) is 9.47 Å². The van der Waals surface area contributed by atoms with Crippen molar-refractivity contribution in [2.45, 2.75) is 18.6 Å². The second kappa shape index (κ2) is 8.88. The van der Waals surface area contributed by atoms with Crippen LogP contribution in [0.1, 0.15) is 6.42 Å². The number of esters is 2. The Hall–Kier alpha value is -1.22. The molecule has 0 aromatic rings. The average Bonchev–Trinajstić information content (AvgIpc) is 2.32. The Morgan fingerprint density at radius 1 is 0.882 bits per heavy atom. The molecule has 0 amide bonds. The molecule has 0 bridgehead atoms. The van der Waals surface area contributed by atoms with Crippen molar-refractivity contribution >= 4 is 11.9 Å². The standard InChI is InChI=1S/C9H16O8/c10-2-6(12)4-16-8(14)1-9(15)17-5-7(13)3-11/h6-7,10-13H,1-5H2. The van der Waals surface area contributed by atoms with Gasteiger partial charge in [0.15, 0.2) is 0 Å². The van der Waals surface area contributed by atoms with Gasteiger partial charge in [-0.05, 0) is 0 Å². The summed E-state index contributed by atoms with van der Waals surface area (Å²) >= 11 is 0. The van der Waals surface area contributed by atoms with Crippen molar-refractivity contribution in [1.29, 1.82) is 0 Å². The summed E-state index contributed by atoms with van der Waals surface area (Å²) in [4.78, 5) is 21.9. The Kier molecular flexibility index (Phi) is 8.24. The molecule has 8 heteroatoms. The van der Waals surface area contributed by atoms with Gasteiger partial charge in [-0.1, -0.05) is 0 Å². The normalized spacial score (nSPS) is 13.9. The minimum absolute atomic E-state index is 0.415. The van der Waals surface area contributed by atoms with E-state index in [9.17, 15) is 9.59 Å². The van der Waals surface area contributed by atoms with Crippen LogP contribution >= 0.6 is 0 Å². The number of hydrogen-bond donors (Lipinski definition) is 4. The van der Waals surface area contributed by atoms with Crippen molar-refractivity contribution in [2.75, 3.05) is 26.4 Å². The minimum Gasteiger partial charge on any atom is -0.462 e. The van der Waals surface area contributed by atoms with Crippen LogP contribution in [0.15, 0.2) is 0 Å². The van der Waals surface area contributed by atoms with E-state index in [1.807, 2.05) is 0 Å². The maximum Gasteiger partial charge on any atom is 0.317 e. The van der Waals surface area contributed by atoms with Crippen molar-refractivity contribution in [3.8, 4) is 0 Å². The van der Waals surface area contributed by atoms with Crippen LogP contribution in [0, 0.1) is 0 Å². The number of aliphatic hydroxyl groups is 4. The summed E-state index contributed by atoms with van der Waals surface area (Å²) in [7, 11) is 0. The SMILES string of the molecule is O=C(CC(=O)OCC(O)CO)OCC(O)CO. The zero-order valence-corrected chi connectivity index (χ0v) is 9.11. The largest absolute Gasteiger partial charge is 0.462 e. The summed E-state index contributed by atoms with van der Waals surface area (Å²) in [5.41, 5.74) is 0. The molecule has 0 aliphatic carbocycles. The van der Waals surface area contributed by atoms with Crippen LogP contribution in [0.5, 0.6) is 0 Å². The van der Waals surface area contributed by atoms with Crippen LogP contribution in [0.3, 0.4) is 0 Å². The number of aliphatic hydroxyl groups excluding tert-OH is 4. The topological polar surface area (TPSA) is 134 Å². The molecule has 0 heterocycles. The first-order valence-electron chi connectivity index (χ1n) is 4.88. The van der Waals surface area contributed by atoms with Crippen LogP contribution in [0.2, 0.25) is 0 Å². The van der Waals surface area contributed by atoms with E-state index in [0.29, 0.717) is 0 Å².